The summed E-state index contributed by atoms with van der Waals surface area (Å²) in [5.74, 6) is 0. The molecule has 0 unspecified atom stereocenters. The molecule has 0 radical (unpaired) electrons. The van der Waals surface area contributed by atoms with Crippen LogP contribution in [0.1, 0.15) is 11.1 Å². The van der Waals surface area contributed by atoms with Crippen LogP contribution in [0.15, 0.2) is 36.4 Å². The second-order valence-electron chi connectivity index (χ2n) is 4.36. The van der Waals surface area contributed by atoms with Crippen LogP contribution in [0.25, 0.3) is 0 Å². The first-order chi connectivity index (χ1) is 9.47. The molecular formula is C14H12Cl2N2O2. The Balaban J connectivity index is 2.09. The van der Waals surface area contributed by atoms with Crippen LogP contribution >= 0.6 is 23.2 Å². The van der Waals surface area contributed by atoms with Gasteiger partial charge in [-0.25, -0.2) is 0 Å². The van der Waals surface area contributed by atoms with E-state index in [-0.39, 0.29) is 5.69 Å². The van der Waals surface area contributed by atoms with Crippen molar-refractivity contribution in [1.29, 1.82) is 0 Å². The van der Waals surface area contributed by atoms with Gasteiger partial charge in [-0.2, -0.15) is 0 Å². The Hall–Kier alpha value is -1.78. The number of aryl methyl sites for hydroxylation is 1. The number of hydrogen-bond acceptors (Lipinski definition) is 3. The summed E-state index contributed by atoms with van der Waals surface area (Å²) >= 11 is 11.8. The Labute approximate surface area is 126 Å². The normalized spacial score (nSPS) is 10.3. The van der Waals surface area contributed by atoms with Crippen molar-refractivity contribution < 1.29 is 4.92 Å². The molecule has 0 saturated carbocycles. The highest BCUT2D eigenvalue weighted by Crippen LogP contribution is 2.24. The summed E-state index contributed by atoms with van der Waals surface area (Å²) in [6.45, 7) is 2.27. The zero-order valence-electron chi connectivity index (χ0n) is 10.7. The SMILES string of the molecule is Cc1cc(NCc2ccc(Cl)c(Cl)c2)ccc1[N+](=O)[O-]. The minimum Gasteiger partial charge on any atom is -0.381 e. The largest absolute Gasteiger partial charge is 0.381 e. The molecule has 4 nitrogen and oxygen atoms in total. The van der Waals surface area contributed by atoms with Gasteiger partial charge in [0.05, 0.1) is 15.0 Å². The molecule has 0 atom stereocenters. The molecule has 1 N–H and O–H groups in total. The summed E-state index contributed by atoms with van der Waals surface area (Å²) in [7, 11) is 0. The zero-order chi connectivity index (χ0) is 14.7. The third-order valence-electron chi connectivity index (χ3n) is 2.87. The second-order valence-corrected chi connectivity index (χ2v) is 5.17. The molecule has 0 saturated heterocycles. The van der Waals surface area contributed by atoms with Gasteiger partial charge >= 0.3 is 0 Å². The van der Waals surface area contributed by atoms with Crippen LogP contribution < -0.4 is 5.32 Å². The maximum absolute atomic E-state index is 10.7. The zero-order valence-corrected chi connectivity index (χ0v) is 12.2. The number of nitro groups is 1. The number of nitro benzene ring substituents is 1. The quantitative estimate of drug-likeness (QED) is 0.650. The molecule has 0 aromatic heterocycles. The summed E-state index contributed by atoms with van der Waals surface area (Å²) in [5, 5.41) is 15.0. The maximum atomic E-state index is 10.7. The number of anilines is 1. The van der Waals surface area contributed by atoms with Gasteiger partial charge in [0.2, 0.25) is 0 Å². The molecule has 6 heteroatoms. The van der Waals surface area contributed by atoms with Crippen molar-refractivity contribution in [3.63, 3.8) is 0 Å². The smallest absolute Gasteiger partial charge is 0.272 e. The predicted molar refractivity (Wildman–Crippen MR) is 81.6 cm³/mol. The van der Waals surface area contributed by atoms with E-state index in [1.54, 1.807) is 31.2 Å². The molecule has 104 valence electrons. The maximum Gasteiger partial charge on any atom is 0.272 e. The Bertz CT molecular complexity index is 660. The standard InChI is InChI=1S/C14H12Cl2N2O2/c1-9-6-11(3-5-14(9)18(19)20)17-8-10-2-4-12(15)13(16)7-10/h2-7,17H,8H2,1H3. The number of nitrogens with one attached hydrogen (secondary N) is 1. The summed E-state index contributed by atoms with van der Waals surface area (Å²) in [6.07, 6.45) is 0. The van der Waals surface area contributed by atoms with Crippen LogP contribution in [0.4, 0.5) is 11.4 Å². The van der Waals surface area contributed by atoms with Crippen molar-refractivity contribution in [2.24, 2.45) is 0 Å². The van der Waals surface area contributed by atoms with Crippen molar-refractivity contribution in [1.82, 2.24) is 0 Å². The number of rotatable bonds is 4. The lowest BCUT2D eigenvalue weighted by atomic mass is 10.1. The minimum absolute atomic E-state index is 0.116. The molecular weight excluding hydrogens is 299 g/mol. The lowest BCUT2D eigenvalue weighted by molar-refractivity contribution is -0.385. The fourth-order valence-corrected chi connectivity index (χ4v) is 2.14. The first kappa shape index (κ1) is 14.6. The van der Waals surface area contributed by atoms with E-state index in [9.17, 15) is 10.1 Å². The van der Waals surface area contributed by atoms with Gasteiger partial charge in [0, 0.05) is 23.9 Å². The molecule has 0 aliphatic carbocycles. The van der Waals surface area contributed by atoms with Gasteiger partial charge in [0.25, 0.3) is 5.69 Å². The van der Waals surface area contributed by atoms with Crippen LogP contribution in [-0.2, 0) is 6.54 Å². The highest BCUT2D eigenvalue weighted by Gasteiger charge is 2.09. The van der Waals surface area contributed by atoms with Crippen molar-refractivity contribution >= 4 is 34.6 Å². The van der Waals surface area contributed by atoms with E-state index in [2.05, 4.69) is 5.32 Å². The molecule has 0 fully saturated rings. The Kier molecular flexibility index (Phi) is 4.47. The molecule has 0 spiro atoms. The summed E-state index contributed by atoms with van der Waals surface area (Å²) in [6, 6.07) is 10.3. The summed E-state index contributed by atoms with van der Waals surface area (Å²) in [4.78, 5) is 10.3. The molecule has 0 aliphatic heterocycles. The van der Waals surface area contributed by atoms with Gasteiger partial charge in [-0.1, -0.05) is 29.3 Å². The summed E-state index contributed by atoms with van der Waals surface area (Å²) < 4.78 is 0. The monoisotopic (exact) mass is 310 g/mol. The predicted octanol–water partition coefficient (Wildman–Crippen LogP) is 4.82. The molecule has 0 heterocycles. The van der Waals surface area contributed by atoms with Gasteiger partial charge in [-0.3, -0.25) is 10.1 Å². The fourth-order valence-electron chi connectivity index (χ4n) is 1.82. The Morgan fingerprint density at radius 3 is 2.50 bits per heavy atom. The lowest BCUT2D eigenvalue weighted by Crippen LogP contribution is -2.00. The average Bonchev–Trinajstić information content (AvgIpc) is 2.40. The second kappa shape index (κ2) is 6.11. The van der Waals surface area contributed by atoms with Gasteiger partial charge in [0.1, 0.15) is 0 Å². The number of halogens is 2. The molecule has 0 aliphatic rings. The highest BCUT2D eigenvalue weighted by molar-refractivity contribution is 6.42. The van der Waals surface area contributed by atoms with E-state index in [4.69, 9.17) is 23.2 Å². The van der Waals surface area contributed by atoms with Gasteiger partial charge in [-0.05, 0) is 36.8 Å². The van der Waals surface area contributed by atoms with E-state index < -0.39 is 4.92 Å². The van der Waals surface area contributed by atoms with Crippen LogP contribution in [-0.4, -0.2) is 4.92 Å². The average molecular weight is 311 g/mol. The van der Waals surface area contributed by atoms with Crippen molar-refractivity contribution in [2.45, 2.75) is 13.5 Å². The van der Waals surface area contributed by atoms with E-state index >= 15 is 0 Å². The lowest BCUT2D eigenvalue weighted by Gasteiger charge is -2.08. The third kappa shape index (κ3) is 3.40. The number of hydrogen-bond donors (Lipinski definition) is 1. The van der Waals surface area contributed by atoms with E-state index in [0.717, 1.165) is 11.3 Å². The summed E-state index contributed by atoms with van der Waals surface area (Å²) in [5.41, 5.74) is 2.54. The van der Waals surface area contributed by atoms with Crippen LogP contribution in [0.5, 0.6) is 0 Å². The van der Waals surface area contributed by atoms with Gasteiger partial charge in [0.15, 0.2) is 0 Å². The van der Waals surface area contributed by atoms with E-state index in [1.165, 1.54) is 6.07 Å². The molecule has 2 aromatic carbocycles. The van der Waals surface area contributed by atoms with E-state index in [1.807, 2.05) is 6.07 Å². The van der Waals surface area contributed by atoms with Crippen molar-refractivity contribution in [3.8, 4) is 0 Å². The van der Waals surface area contributed by atoms with Gasteiger partial charge < -0.3 is 5.32 Å². The number of benzene rings is 2. The fraction of sp³-hybridized carbons (Fsp3) is 0.143. The molecule has 20 heavy (non-hydrogen) atoms. The topological polar surface area (TPSA) is 55.2 Å². The highest BCUT2D eigenvalue weighted by atomic mass is 35.5. The molecule has 0 amide bonds. The van der Waals surface area contributed by atoms with Crippen molar-refractivity contribution in [2.75, 3.05) is 5.32 Å². The minimum atomic E-state index is -0.391. The molecule has 2 aromatic rings. The van der Waals surface area contributed by atoms with Gasteiger partial charge in [-0.15, -0.1) is 0 Å². The van der Waals surface area contributed by atoms with E-state index in [0.29, 0.717) is 22.2 Å². The third-order valence-corrected chi connectivity index (χ3v) is 3.61. The molecule has 0 bridgehead atoms. The first-order valence-corrected chi connectivity index (χ1v) is 6.66. The Morgan fingerprint density at radius 2 is 1.90 bits per heavy atom. The van der Waals surface area contributed by atoms with Crippen LogP contribution in [0.3, 0.4) is 0 Å². The number of nitrogens with zero attached hydrogens (tertiary/aromatic N) is 1. The van der Waals surface area contributed by atoms with Crippen molar-refractivity contribution in [3.05, 3.63) is 67.7 Å². The Morgan fingerprint density at radius 1 is 1.15 bits per heavy atom. The van der Waals surface area contributed by atoms with Crippen LogP contribution in [0, 0.1) is 17.0 Å². The molecule has 2 rings (SSSR count). The first-order valence-electron chi connectivity index (χ1n) is 5.90. The van der Waals surface area contributed by atoms with Crippen LogP contribution in [0.2, 0.25) is 10.0 Å².